The summed E-state index contributed by atoms with van der Waals surface area (Å²) in [4.78, 5) is 11.0. The summed E-state index contributed by atoms with van der Waals surface area (Å²) in [6, 6.07) is 3.98. The molecule has 1 fully saturated rings. The van der Waals surface area contributed by atoms with E-state index in [1.54, 1.807) is 7.05 Å². The Hall–Kier alpha value is -1.60. The van der Waals surface area contributed by atoms with E-state index < -0.39 is 16.0 Å². The fourth-order valence-electron chi connectivity index (χ4n) is 2.59. The molecule has 116 valence electrons. The predicted molar refractivity (Wildman–Crippen MR) is 80.1 cm³/mol. The lowest BCUT2D eigenvalue weighted by molar-refractivity contribution is 0.0696. The minimum Gasteiger partial charge on any atom is -0.478 e. The summed E-state index contributed by atoms with van der Waals surface area (Å²) < 4.78 is 27.7. The van der Waals surface area contributed by atoms with Gasteiger partial charge in [0.05, 0.1) is 11.3 Å². The number of benzene rings is 1. The molecular weight excluding hydrogens is 292 g/mol. The highest BCUT2D eigenvalue weighted by Gasteiger charge is 2.25. The van der Waals surface area contributed by atoms with E-state index in [0.717, 1.165) is 32.1 Å². The Bertz CT molecular complexity index is 622. The zero-order chi connectivity index (χ0) is 15.5. The smallest absolute Gasteiger partial charge is 0.335 e. The molecule has 1 aromatic rings. The first-order valence-electron chi connectivity index (χ1n) is 7.01. The number of sulfonamides is 1. The molecule has 1 aliphatic carbocycles. The lowest BCUT2D eigenvalue weighted by Crippen LogP contribution is -2.36. The highest BCUT2D eigenvalue weighted by Crippen LogP contribution is 2.25. The Morgan fingerprint density at radius 3 is 2.48 bits per heavy atom. The molecule has 0 spiro atoms. The molecule has 6 nitrogen and oxygen atoms in total. The van der Waals surface area contributed by atoms with E-state index in [1.807, 2.05) is 0 Å². The molecule has 2 rings (SSSR count). The SMILES string of the molecule is CNc1ccc(C(=O)O)cc1S(=O)(=O)NC1CCCCC1. The van der Waals surface area contributed by atoms with Crippen LogP contribution in [0.25, 0.3) is 0 Å². The fraction of sp³-hybridized carbons (Fsp3) is 0.500. The number of hydrogen-bond acceptors (Lipinski definition) is 4. The van der Waals surface area contributed by atoms with Gasteiger partial charge in [-0.1, -0.05) is 19.3 Å². The van der Waals surface area contributed by atoms with E-state index in [-0.39, 0.29) is 16.5 Å². The van der Waals surface area contributed by atoms with Crippen molar-refractivity contribution in [3.05, 3.63) is 23.8 Å². The monoisotopic (exact) mass is 312 g/mol. The number of aromatic carboxylic acids is 1. The van der Waals surface area contributed by atoms with Crippen LogP contribution in [0.3, 0.4) is 0 Å². The van der Waals surface area contributed by atoms with E-state index in [9.17, 15) is 13.2 Å². The first-order chi connectivity index (χ1) is 9.94. The lowest BCUT2D eigenvalue weighted by atomic mass is 9.96. The van der Waals surface area contributed by atoms with Gasteiger partial charge in [-0.05, 0) is 31.0 Å². The molecule has 1 aromatic carbocycles. The Morgan fingerprint density at radius 1 is 1.24 bits per heavy atom. The molecule has 0 bridgehead atoms. The second-order valence-electron chi connectivity index (χ2n) is 5.22. The zero-order valence-corrected chi connectivity index (χ0v) is 12.7. The number of rotatable bonds is 5. The third-order valence-electron chi connectivity index (χ3n) is 3.71. The van der Waals surface area contributed by atoms with Crippen LogP contribution in [0, 0.1) is 0 Å². The molecule has 0 radical (unpaired) electrons. The lowest BCUT2D eigenvalue weighted by Gasteiger charge is -2.23. The summed E-state index contributed by atoms with van der Waals surface area (Å²) in [6.07, 6.45) is 4.82. The van der Waals surface area contributed by atoms with Crippen LogP contribution in [0.15, 0.2) is 23.1 Å². The van der Waals surface area contributed by atoms with E-state index in [0.29, 0.717) is 5.69 Å². The molecule has 7 heteroatoms. The minimum absolute atomic E-state index is 0.0181. The van der Waals surface area contributed by atoms with Gasteiger partial charge < -0.3 is 10.4 Å². The number of anilines is 1. The van der Waals surface area contributed by atoms with Crippen LogP contribution in [0.1, 0.15) is 42.5 Å². The third-order valence-corrected chi connectivity index (χ3v) is 5.27. The Labute approximate surface area is 124 Å². The molecule has 0 amide bonds. The molecule has 3 N–H and O–H groups in total. The number of carbonyl (C=O) groups is 1. The standard InChI is InChI=1S/C14H20N2O4S/c1-15-12-8-7-10(14(17)18)9-13(12)21(19,20)16-11-5-3-2-4-6-11/h7-9,11,15-16H,2-6H2,1H3,(H,17,18). The average Bonchev–Trinajstić information content (AvgIpc) is 2.47. The third kappa shape index (κ3) is 3.74. The van der Waals surface area contributed by atoms with E-state index in [1.165, 1.54) is 18.2 Å². The van der Waals surface area contributed by atoms with Gasteiger partial charge in [0.25, 0.3) is 0 Å². The van der Waals surface area contributed by atoms with Gasteiger partial charge >= 0.3 is 5.97 Å². The van der Waals surface area contributed by atoms with E-state index in [4.69, 9.17) is 5.11 Å². The molecule has 0 heterocycles. The van der Waals surface area contributed by atoms with Gasteiger partial charge in [0.15, 0.2) is 0 Å². The van der Waals surface area contributed by atoms with Crippen LogP contribution >= 0.6 is 0 Å². The summed E-state index contributed by atoms with van der Waals surface area (Å²) in [5.41, 5.74) is 0.348. The summed E-state index contributed by atoms with van der Waals surface area (Å²) >= 11 is 0. The van der Waals surface area contributed by atoms with Gasteiger partial charge in [-0.25, -0.2) is 17.9 Å². The van der Waals surface area contributed by atoms with Crippen LogP contribution in [0.5, 0.6) is 0 Å². The number of carboxylic acid groups (broad SMARTS) is 1. The average molecular weight is 312 g/mol. The largest absolute Gasteiger partial charge is 0.478 e. The van der Waals surface area contributed by atoms with Gasteiger partial charge in [0.2, 0.25) is 10.0 Å². The van der Waals surface area contributed by atoms with Crippen LogP contribution in [0.2, 0.25) is 0 Å². The summed E-state index contributed by atoms with van der Waals surface area (Å²) in [6.45, 7) is 0. The molecule has 0 aliphatic heterocycles. The topological polar surface area (TPSA) is 95.5 Å². The first kappa shape index (κ1) is 15.8. The molecular formula is C14H20N2O4S. The van der Waals surface area contributed by atoms with Crippen molar-refractivity contribution in [2.45, 2.75) is 43.0 Å². The minimum atomic E-state index is -3.73. The van der Waals surface area contributed by atoms with Crippen molar-refractivity contribution in [3.63, 3.8) is 0 Å². The normalized spacial score (nSPS) is 16.6. The molecule has 0 saturated heterocycles. The van der Waals surface area contributed by atoms with Crippen molar-refractivity contribution in [3.8, 4) is 0 Å². The first-order valence-corrected chi connectivity index (χ1v) is 8.50. The van der Waals surface area contributed by atoms with Crippen molar-refractivity contribution in [1.29, 1.82) is 0 Å². The van der Waals surface area contributed by atoms with Gasteiger partial charge in [-0.15, -0.1) is 0 Å². The summed E-state index contributed by atoms with van der Waals surface area (Å²) in [5, 5.41) is 11.8. The quantitative estimate of drug-likeness (QED) is 0.773. The summed E-state index contributed by atoms with van der Waals surface area (Å²) in [7, 11) is -2.13. The molecule has 0 atom stereocenters. The molecule has 21 heavy (non-hydrogen) atoms. The van der Waals surface area contributed by atoms with Crippen LogP contribution in [0.4, 0.5) is 5.69 Å². The van der Waals surface area contributed by atoms with Gasteiger partial charge in [0, 0.05) is 13.1 Å². The second kappa shape index (κ2) is 6.44. The molecule has 0 unspecified atom stereocenters. The van der Waals surface area contributed by atoms with Crippen molar-refractivity contribution in [1.82, 2.24) is 4.72 Å². The van der Waals surface area contributed by atoms with Crippen molar-refractivity contribution in [2.24, 2.45) is 0 Å². The Balaban J connectivity index is 2.32. The van der Waals surface area contributed by atoms with Gasteiger partial charge in [0.1, 0.15) is 4.90 Å². The number of nitrogens with one attached hydrogen (secondary N) is 2. The maximum atomic E-state index is 12.5. The number of carboxylic acids is 1. The van der Waals surface area contributed by atoms with Crippen LogP contribution in [-0.2, 0) is 10.0 Å². The zero-order valence-electron chi connectivity index (χ0n) is 11.9. The second-order valence-corrected chi connectivity index (χ2v) is 6.90. The van der Waals surface area contributed by atoms with E-state index >= 15 is 0 Å². The highest BCUT2D eigenvalue weighted by atomic mass is 32.2. The maximum Gasteiger partial charge on any atom is 0.335 e. The van der Waals surface area contributed by atoms with Crippen LogP contribution in [-0.4, -0.2) is 32.6 Å². The molecule has 1 saturated carbocycles. The van der Waals surface area contributed by atoms with Gasteiger partial charge in [-0.2, -0.15) is 0 Å². The fourth-order valence-corrected chi connectivity index (χ4v) is 4.13. The van der Waals surface area contributed by atoms with Crippen molar-refractivity contribution >= 4 is 21.7 Å². The summed E-state index contributed by atoms with van der Waals surface area (Å²) in [5.74, 6) is -1.15. The predicted octanol–water partition coefficient (Wildman–Crippen LogP) is 2.04. The number of hydrogen-bond donors (Lipinski definition) is 3. The van der Waals surface area contributed by atoms with Crippen molar-refractivity contribution < 1.29 is 18.3 Å². The highest BCUT2D eigenvalue weighted by molar-refractivity contribution is 7.89. The van der Waals surface area contributed by atoms with Crippen molar-refractivity contribution in [2.75, 3.05) is 12.4 Å². The van der Waals surface area contributed by atoms with E-state index in [2.05, 4.69) is 10.0 Å². The van der Waals surface area contributed by atoms with Gasteiger partial charge in [-0.3, -0.25) is 0 Å². The maximum absolute atomic E-state index is 12.5. The van der Waals surface area contributed by atoms with Crippen LogP contribution < -0.4 is 10.0 Å². The Kier molecular flexibility index (Phi) is 4.84. The molecule has 0 aromatic heterocycles. The Morgan fingerprint density at radius 2 is 1.90 bits per heavy atom. The molecule has 1 aliphatic rings.